The summed E-state index contributed by atoms with van der Waals surface area (Å²) in [6.07, 6.45) is 0.828. The number of carbonyl (C=O) groups excluding carboxylic acids is 2. The van der Waals surface area contributed by atoms with Gasteiger partial charge in [-0.15, -0.1) is 0 Å². The lowest BCUT2D eigenvalue weighted by atomic mass is 10.1. The smallest absolute Gasteiger partial charge is 0.337 e. The van der Waals surface area contributed by atoms with Crippen molar-refractivity contribution in [3.63, 3.8) is 0 Å². The minimum absolute atomic E-state index is 0.149. The quantitative estimate of drug-likeness (QED) is 0.782. The van der Waals surface area contributed by atoms with Gasteiger partial charge in [0.25, 0.3) is 0 Å². The van der Waals surface area contributed by atoms with Crippen LogP contribution in [0.2, 0.25) is 0 Å². The Hall–Kier alpha value is -3.02. The predicted octanol–water partition coefficient (Wildman–Crippen LogP) is 3.06. The molecule has 0 unspecified atom stereocenters. The van der Waals surface area contributed by atoms with Crippen molar-refractivity contribution >= 4 is 17.6 Å². The van der Waals surface area contributed by atoms with E-state index in [1.54, 1.807) is 44.6 Å². The molecule has 0 aliphatic carbocycles. The molecule has 0 aromatic heterocycles. The summed E-state index contributed by atoms with van der Waals surface area (Å²) in [4.78, 5) is 23.7. The van der Waals surface area contributed by atoms with Crippen LogP contribution in [-0.4, -0.2) is 33.2 Å². The Bertz CT molecular complexity index is 735. The summed E-state index contributed by atoms with van der Waals surface area (Å²) < 4.78 is 15.1. The van der Waals surface area contributed by atoms with Crippen LogP contribution >= 0.6 is 0 Å². The van der Waals surface area contributed by atoms with E-state index in [9.17, 15) is 9.59 Å². The fourth-order valence-corrected chi connectivity index (χ4v) is 2.33. The molecule has 0 aliphatic rings. The third-order valence-corrected chi connectivity index (χ3v) is 3.62. The van der Waals surface area contributed by atoms with Crippen LogP contribution in [0.25, 0.3) is 0 Å². The zero-order chi connectivity index (χ0) is 18.2. The molecule has 0 radical (unpaired) electrons. The molecule has 0 atom stereocenters. The van der Waals surface area contributed by atoms with Crippen molar-refractivity contribution < 1.29 is 23.8 Å². The summed E-state index contributed by atoms with van der Waals surface area (Å²) in [5.41, 5.74) is 1.88. The third-order valence-electron chi connectivity index (χ3n) is 3.62. The average Bonchev–Trinajstić information content (AvgIpc) is 2.65. The number of hydrogen-bond acceptors (Lipinski definition) is 5. The van der Waals surface area contributed by atoms with E-state index >= 15 is 0 Å². The van der Waals surface area contributed by atoms with Crippen molar-refractivity contribution in [1.29, 1.82) is 0 Å². The van der Waals surface area contributed by atoms with Gasteiger partial charge >= 0.3 is 5.97 Å². The maximum atomic E-state index is 12.2. The van der Waals surface area contributed by atoms with E-state index < -0.39 is 5.97 Å². The molecule has 0 fully saturated rings. The largest absolute Gasteiger partial charge is 0.497 e. The summed E-state index contributed by atoms with van der Waals surface area (Å²) in [7, 11) is 4.48. The van der Waals surface area contributed by atoms with Gasteiger partial charge in [0.2, 0.25) is 5.91 Å². The Morgan fingerprint density at radius 1 is 0.960 bits per heavy atom. The third kappa shape index (κ3) is 5.24. The van der Waals surface area contributed by atoms with Crippen LogP contribution in [0.4, 0.5) is 5.69 Å². The van der Waals surface area contributed by atoms with Crippen molar-refractivity contribution in [3.8, 4) is 11.5 Å². The first-order valence-electron chi connectivity index (χ1n) is 7.76. The van der Waals surface area contributed by atoms with Gasteiger partial charge in [-0.25, -0.2) is 4.79 Å². The topological polar surface area (TPSA) is 73.9 Å². The molecule has 1 N–H and O–H groups in total. The minimum Gasteiger partial charge on any atom is -0.497 e. The van der Waals surface area contributed by atoms with Gasteiger partial charge in [-0.1, -0.05) is 6.07 Å². The number of benzene rings is 2. The lowest BCUT2D eigenvalue weighted by Crippen LogP contribution is -2.13. The van der Waals surface area contributed by atoms with E-state index in [4.69, 9.17) is 9.47 Å². The van der Waals surface area contributed by atoms with E-state index in [-0.39, 0.29) is 5.91 Å². The molecule has 0 aliphatic heterocycles. The molecule has 0 heterocycles. The first-order valence-corrected chi connectivity index (χ1v) is 7.76. The van der Waals surface area contributed by atoms with Gasteiger partial charge in [0.1, 0.15) is 11.5 Å². The monoisotopic (exact) mass is 343 g/mol. The van der Waals surface area contributed by atoms with Gasteiger partial charge in [-0.3, -0.25) is 4.79 Å². The predicted molar refractivity (Wildman–Crippen MR) is 94.3 cm³/mol. The number of nitrogens with one attached hydrogen (secondary N) is 1. The number of ether oxygens (including phenoxy) is 3. The number of aryl methyl sites for hydroxylation is 1. The number of anilines is 1. The second kappa shape index (κ2) is 8.73. The second-order valence-corrected chi connectivity index (χ2v) is 5.34. The number of esters is 1. The number of methoxy groups -OCH3 is 3. The molecular formula is C19H21NO5. The molecule has 1 amide bonds. The molecule has 132 valence electrons. The van der Waals surface area contributed by atoms with E-state index in [1.165, 1.54) is 7.11 Å². The minimum atomic E-state index is -0.445. The lowest BCUT2D eigenvalue weighted by Gasteiger charge is -2.09. The highest BCUT2D eigenvalue weighted by atomic mass is 16.5. The molecule has 0 bridgehead atoms. The van der Waals surface area contributed by atoms with Gasteiger partial charge in [-0.05, 0) is 42.3 Å². The Balaban J connectivity index is 1.98. The van der Waals surface area contributed by atoms with Crippen LogP contribution in [0, 0.1) is 0 Å². The first-order chi connectivity index (χ1) is 12.0. The number of carbonyl (C=O) groups is 2. The molecule has 25 heavy (non-hydrogen) atoms. The van der Waals surface area contributed by atoms with Crippen molar-refractivity contribution in [2.45, 2.75) is 12.8 Å². The number of amides is 1. The summed E-state index contributed by atoms with van der Waals surface area (Å²) in [5, 5.41) is 2.78. The van der Waals surface area contributed by atoms with Crippen LogP contribution in [-0.2, 0) is 16.0 Å². The van der Waals surface area contributed by atoms with E-state index in [0.717, 1.165) is 5.56 Å². The Morgan fingerprint density at radius 2 is 1.64 bits per heavy atom. The van der Waals surface area contributed by atoms with Gasteiger partial charge in [-0.2, -0.15) is 0 Å². The standard InChI is InChI=1S/C19H21NO5/c1-23-16-9-13(10-17(12-16)24-2)7-8-18(21)20-15-6-4-5-14(11-15)19(22)25-3/h4-6,9-12H,7-8H2,1-3H3,(H,20,21). The molecule has 2 rings (SSSR count). The Kier molecular flexibility index (Phi) is 6.39. The van der Waals surface area contributed by atoms with Crippen LogP contribution in [0.3, 0.4) is 0 Å². The van der Waals surface area contributed by atoms with E-state index in [1.807, 2.05) is 12.1 Å². The second-order valence-electron chi connectivity index (χ2n) is 5.34. The van der Waals surface area contributed by atoms with Crippen LogP contribution in [0.15, 0.2) is 42.5 Å². The van der Waals surface area contributed by atoms with Crippen LogP contribution < -0.4 is 14.8 Å². The van der Waals surface area contributed by atoms with E-state index in [0.29, 0.717) is 35.6 Å². The molecule has 6 nitrogen and oxygen atoms in total. The molecule has 2 aromatic rings. The Labute approximate surface area is 146 Å². The molecular weight excluding hydrogens is 322 g/mol. The highest BCUT2D eigenvalue weighted by Crippen LogP contribution is 2.23. The number of hydrogen-bond donors (Lipinski definition) is 1. The molecule has 2 aromatic carbocycles. The maximum Gasteiger partial charge on any atom is 0.337 e. The zero-order valence-corrected chi connectivity index (χ0v) is 14.5. The summed E-state index contributed by atoms with van der Waals surface area (Å²) in [5.74, 6) is 0.768. The van der Waals surface area contributed by atoms with Crippen molar-refractivity contribution in [3.05, 3.63) is 53.6 Å². The van der Waals surface area contributed by atoms with Crippen LogP contribution in [0.5, 0.6) is 11.5 Å². The highest BCUT2D eigenvalue weighted by Gasteiger charge is 2.09. The molecule has 0 saturated heterocycles. The lowest BCUT2D eigenvalue weighted by molar-refractivity contribution is -0.116. The summed E-state index contributed by atoms with van der Waals surface area (Å²) in [6.45, 7) is 0. The van der Waals surface area contributed by atoms with Crippen molar-refractivity contribution in [1.82, 2.24) is 0 Å². The summed E-state index contributed by atoms with van der Waals surface area (Å²) in [6, 6.07) is 12.1. The fraction of sp³-hybridized carbons (Fsp3) is 0.263. The van der Waals surface area contributed by atoms with Gasteiger partial charge in [0.15, 0.2) is 0 Å². The van der Waals surface area contributed by atoms with Gasteiger partial charge in [0, 0.05) is 18.2 Å². The molecule has 0 spiro atoms. The molecule has 6 heteroatoms. The Morgan fingerprint density at radius 3 is 2.24 bits per heavy atom. The highest BCUT2D eigenvalue weighted by molar-refractivity contribution is 5.94. The van der Waals surface area contributed by atoms with Crippen molar-refractivity contribution in [2.75, 3.05) is 26.6 Å². The van der Waals surface area contributed by atoms with Crippen molar-refractivity contribution in [2.24, 2.45) is 0 Å². The van der Waals surface area contributed by atoms with Gasteiger partial charge < -0.3 is 19.5 Å². The molecule has 0 saturated carbocycles. The summed E-state index contributed by atoms with van der Waals surface area (Å²) >= 11 is 0. The average molecular weight is 343 g/mol. The van der Waals surface area contributed by atoms with Gasteiger partial charge in [0.05, 0.1) is 26.9 Å². The van der Waals surface area contributed by atoms with Crippen LogP contribution in [0.1, 0.15) is 22.3 Å². The maximum absolute atomic E-state index is 12.2. The normalized spacial score (nSPS) is 10.0. The van der Waals surface area contributed by atoms with E-state index in [2.05, 4.69) is 10.1 Å². The fourth-order valence-electron chi connectivity index (χ4n) is 2.33. The zero-order valence-electron chi connectivity index (χ0n) is 14.5. The number of rotatable bonds is 7. The SMILES string of the molecule is COC(=O)c1cccc(NC(=O)CCc2cc(OC)cc(OC)c2)c1. The first kappa shape index (κ1) is 18.3.